The van der Waals surface area contributed by atoms with E-state index >= 15 is 0 Å². The summed E-state index contributed by atoms with van der Waals surface area (Å²) in [6.07, 6.45) is 3.09. The third-order valence-corrected chi connectivity index (χ3v) is 1.59. The van der Waals surface area contributed by atoms with Crippen molar-refractivity contribution >= 4 is 6.09 Å². The van der Waals surface area contributed by atoms with E-state index in [4.69, 9.17) is 15.3 Å². The van der Waals surface area contributed by atoms with Gasteiger partial charge in [0.1, 0.15) is 0 Å². The van der Waals surface area contributed by atoms with Crippen LogP contribution in [0.15, 0.2) is 0 Å². The van der Waals surface area contributed by atoms with Crippen molar-refractivity contribution in [3.8, 4) is 0 Å². The fourth-order valence-corrected chi connectivity index (χ4v) is 0.767. The Bertz CT molecular complexity index is 142. The Morgan fingerprint density at radius 1 is 1.29 bits per heavy atom. The summed E-state index contributed by atoms with van der Waals surface area (Å²) in [6, 6.07) is 0. The first-order valence-corrected chi connectivity index (χ1v) is 5.06. The summed E-state index contributed by atoms with van der Waals surface area (Å²) in [6.45, 7) is 3.59. The molecule has 0 spiro atoms. The molecule has 0 aromatic carbocycles. The molecular weight excluding hydrogens is 184 g/mol. The fraction of sp³-hybridized carbons (Fsp3) is 0.889. The number of unbranched alkanes of at least 4 members (excludes halogenated alkanes) is 2. The Kier molecular flexibility index (Phi) is 9.68. The van der Waals surface area contributed by atoms with Crippen molar-refractivity contribution < 1.29 is 14.4 Å². The van der Waals surface area contributed by atoms with Gasteiger partial charge in [-0.15, -0.1) is 0 Å². The Balaban J connectivity index is 3.10. The minimum absolute atomic E-state index is 0.439. The van der Waals surface area contributed by atoms with Gasteiger partial charge in [0.05, 0.1) is 13.2 Å². The second-order valence-corrected chi connectivity index (χ2v) is 2.94. The molecule has 0 saturated heterocycles. The molecule has 0 aliphatic rings. The van der Waals surface area contributed by atoms with Crippen LogP contribution in [0.1, 0.15) is 32.6 Å². The summed E-state index contributed by atoms with van der Waals surface area (Å²) in [7, 11) is 0. The minimum Gasteiger partial charge on any atom is -0.448 e. The van der Waals surface area contributed by atoms with Gasteiger partial charge in [0.15, 0.2) is 0 Å². The highest BCUT2D eigenvalue weighted by Gasteiger charge is 1.99. The van der Waals surface area contributed by atoms with Crippen LogP contribution in [0.3, 0.4) is 0 Å². The molecule has 0 heterocycles. The molecule has 0 aromatic heterocycles. The Labute approximate surface area is 84.9 Å². The minimum atomic E-state index is -0.522. The lowest BCUT2D eigenvalue weighted by molar-refractivity contribution is 0.0261. The Hall–Kier alpha value is -0.810. The normalized spacial score (nSPS) is 9.86. The summed E-state index contributed by atoms with van der Waals surface area (Å²) in [5, 5.41) is 0. The van der Waals surface area contributed by atoms with E-state index in [0.29, 0.717) is 19.8 Å². The van der Waals surface area contributed by atoms with Gasteiger partial charge in [-0.2, -0.15) is 5.48 Å². The number of hydroxylamine groups is 1. The van der Waals surface area contributed by atoms with E-state index in [9.17, 15) is 4.79 Å². The molecule has 0 bridgehead atoms. The van der Waals surface area contributed by atoms with Crippen molar-refractivity contribution in [1.82, 2.24) is 5.48 Å². The SMILES string of the molecule is CCCCOC(=O)NOCCCCN. The standard InChI is InChI=1S/C9H20N2O3/c1-2-3-7-13-9(12)11-14-8-5-4-6-10/h2-8,10H2,1H3,(H,11,12). The topological polar surface area (TPSA) is 73.6 Å². The molecule has 0 rings (SSSR count). The zero-order valence-electron chi connectivity index (χ0n) is 8.75. The molecule has 84 valence electrons. The van der Waals surface area contributed by atoms with Crippen molar-refractivity contribution in [2.45, 2.75) is 32.6 Å². The molecule has 14 heavy (non-hydrogen) atoms. The summed E-state index contributed by atoms with van der Waals surface area (Å²) in [5.74, 6) is 0. The second kappa shape index (κ2) is 10.3. The predicted molar refractivity (Wildman–Crippen MR) is 53.6 cm³/mol. The molecule has 0 aliphatic carbocycles. The lowest BCUT2D eigenvalue weighted by atomic mass is 10.3. The highest BCUT2D eigenvalue weighted by molar-refractivity contribution is 5.65. The number of ether oxygens (including phenoxy) is 1. The maximum Gasteiger partial charge on any atom is 0.431 e. The third kappa shape index (κ3) is 9.28. The van der Waals surface area contributed by atoms with Crippen LogP contribution in [0, 0.1) is 0 Å². The molecule has 5 nitrogen and oxygen atoms in total. The predicted octanol–water partition coefficient (Wildman–Crippen LogP) is 1.18. The van der Waals surface area contributed by atoms with E-state index in [1.54, 1.807) is 0 Å². The number of hydrogen-bond acceptors (Lipinski definition) is 4. The van der Waals surface area contributed by atoms with E-state index in [1.807, 2.05) is 6.92 Å². The Morgan fingerprint density at radius 2 is 2.07 bits per heavy atom. The van der Waals surface area contributed by atoms with Crippen LogP contribution in [0.25, 0.3) is 0 Å². The summed E-state index contributed by atoms with van der Waals surface area (Å²) < 4.78 is 4.79. The van der Waals surface area contributed by atoms with Gasteiger partial charge in [-0.3, -0.25) is 4.84 Å². The highest BCUT2D eigenvalue weighted by atomic mass is 16.7. The van der Waals surface area contributed by atoms with E-state index in [-0.39, 0.29) is 0 Å². The van der Waals surface area contributed by atoms with E-state index < -0.39 is 6.09 Å². The molecular formula is C9H20N2O3. The molecule has 0 radical (unpaired) electrons. The number of amides is 1. The van der Waals surface area contributed by atoms with Gasteiger partial charge in [-0.05, 0) is 25.8 Å². The first-order valence-electron chi connectivity index (χ1n) is 5.06. The number of hydrogen-bond donors (Lipinski definition) is 2. The van der Waals surface area contributed by atoms with Crippen LogP contribution in [0.2, 0.25) is 0 Å². The van der Waals surface area contributed by atoms with Gasteiger partial charge in [-0.25, -0.2) is 4.79 Å². The molecule has 0 aliphatic heterocycles. The van der Waals surface area contributed by atoms with Gasteiger partial charge < -0.3 is 10.5 Å². The zero-order chi connectivity index (χ0) is 10.6. The maximum atomic E-state index is 10.9. The van der Waals surface area contributed by atoms with Crippen molar-refractivity contribution in [2.24, 2.45) is 5.73 Å². The second-order valence-electron chi connectivity index (χ2n) is 2.94. The lowest BCUT2D eigenvalue weighted by Gasteiger charge is -2.06. The van der Waals surface area contributed by atoms with Crippen molar-refractivity contribution in [3.05, 3.63) is 0 Å². The van der Waals surface area contributed by atoms with Gasteiger partial charge in [0, 0.05) is 0 Å². The average Bonchev–Trinajstić information content (AvgIpc) is 2.18. The monoisotopic (exact) mass is 204 g/mol. The molecule has 0 fully saturated rings. The Morgan fingerprint density at radius 3 is 2.71 bits per heavy atom. The maximum absolute atomic E-state index is 10.9. The van der Waals surface area contributed by atoms with E-state index in [1.165, 1.54) is 0 Å². The smallest absolute Gasteiger partial charge is 0.431 e. The lowest BCUT2D eigenvalue weighted by Crippen LogP contribution is -2.25. The summed E-state index contributed by atoms with van der Waals surface area (Å²) in [4.78, 5) is 15.7. The first-order chi connectivity index (χ1) is 6.81. The number of carbonyl (C=O) groups is 1. The molecule has 0 atom stereocenters. The van der Waals surface area contributed by atoms with Crippen LogP contribution >= 0.6 is 0 Å². The largest absolute Gasteiger partial charge is 0.448 e. The number of nitrogens with two attached hydrogens (primary N) is 1. The van der Waals surface area contributed by atoms with Gasteiger partial charge in [-0.1, -0.05) is 13.3 Å². The van der Waals surface area contributed by atoms with E-state index in [2.05, 4.69) is 5.48 Å². The van der Waals surface area contributed by atoms with Crippen LogP contribution in [-0.2, 0) is 9.57 Å². The first kappa shape index (κ1) is 13.2. The van der Waals surface area contributed by atoms with Crippen LogP contribution in [-0.4, -0.2) is 25.9 Å². The van der Waals surface area contributed by atoms with Gasteiger partial charge in [0.2, 0.25) is 0 Å². The average molecular weight is 204 g/mol. The summed E-state index contributed by atoms with van der Waals surface area (Å²) >= 11 is 0. The summed E-state index contributed by atoms with van der Waals surface area (Å²) in [5.41, 5.74) is 7.48. The molecule has 3 N–H and O–H groups in total. The molecule has 1 amide bonds. The van der Waals surface area contributed by atoms with E-state index in [0.717, 1.165) is 25.7 Å². The molecule has 5 heteroatoms. The third-order valence-electron chi connectivity index (χ3n) is 1.59. The molecule has 0 saturated carbocycles. The number of nitrogens with one attached hydrogen (secondary N) is 1. The highest BCUT2D eigenvalue weighted by Crippen LogP contribution is 1.89. The zero-order valence-corrected chi connectivity index (χ0v) is 8.75. The number of carbonyl (C=O) groups excluding carboxylic acids is 1. The quantitative estimate of drug-likeness (QED) is 0.460. The van der Waals surface area contributed by atoms with Crippen LogP contribution < -0.4 is 11.2 Å². The van der Waals surface area contributed by atoms with Crippen LogP contribution in [0.4, 0.5) is 4.79 Å². The van der Waals surface area contributed by atoms with Crippen molar-refractivity contribution in [2.75, 3.05) is 19.8 Å². The van der Waals surface area contributed by atoms with Gasteiger partial charge >= 0.3 is 6.09 Å². The van der Waals surface area contributed by atoms with Crippen LogP contribution in [0.5, 0.6) is 0 Å². The molecule has 0 unspecified atom stereocenters. The number of rotatable bonds is 8. The van der Waals surface area contributed by atoms with Crippen molar-refractivity contribution in [1.29, 1.82) is 0 Å². The van der Waals surface area contributed by atoms with Gasteiger partial charge in [0.25, 0.3) is 0 Å². The fourth-order valence-electron chi connectivity index (χ4n) is 0.767. The van der Waals surface area contributed by atoms with Crippen molar-refractivity contribution in [3.63, 3.8) is 0 Å². The molecule has 0 aromatic rings.